The number of hydrogen-bond acceptors (Lipinski definition) is 4. The van der Waals surface area contributed by atoms with Gasteiger partial charge in [-0.1, -0.05) is 6.92 Å². The number of anilines is 1. The van der Waals surface area contributed by atoms with Crippen molar-refractivity contribution in [3.05, 3.63) is 18.0 Å². The smallest absolute Gasteiger partial charge is 0.230 e. The summed E-state index contributed by atoms with van der Waals surface area (Å²) in [5, 5.41) is 2.69. The number of carbonyl (C=O) groups is 1. The molecule has 0 aliphatic carbocycles. The largest absolute Gasteiger partial charge is 0.294 e. The van der Waals surface area contributed by atoms with Gasteiger partial charge in [-0.2, -0.15) is 11.8 Å². The van der Waals surface area contributed by atoms with Crippen LogP contribution in [-0.4, -0.2) is 27.9 Å². The molecule has 0 spiro atoms. The molecule has 82 valence electrons. The number of nitrogens with one attached hydrogen (secondary N) is 1. The molecule has 1 aromatic heterocycles. The van der Waals surface area contributed by atoms with E-state index in [2.05, 4.69) is 15.3 Å². The van der Waals surface area contributed by atoms with Gasteiger partial charge in [0.15, 0.2) is 0 Å². The van der Waals surface area contributed by atoms with E-state index >= 15 is 0 Å². The second-order valence-electron chi connectivity index (χ2n) is 3.37. The second kappa shape index (κ2) is 5.70. The minimum absolute atomic E-state index is 0.0240. The molecule has 0 fully saturated rings. The van der Waals surface area contributed by atoms with Gasteiger partial charge in [-0.25, -0.2) is 9.97 Å². The lowest BCUT2D eigenvalue weighted by atomic mass is 10.2. The van der Waals surface area contributed by atoms with E-state index in [0.717, 1.165) is 11.4 Å². The summed E-state index contributed by atoms with van der Waals surface area (Å²) in [6, 6.07) is 1.79. The summed E-state index contributed by atoms with van der Waals surface area (Å²) in [4.78, 5) is 19.7. The Balaban J connectivity index is 2.58. The van der Waals surface area contributed by atoms with Crippen LogP contribution in [0.4, 0.5) is 5.95 Å². The fraction of sp³-hybridized carbons (Fsp3) is 0.500. The summed E-state index contributed by atoms with van der Waals surface area (Å²) in [6.45, 7) is 3.75. The highest BCUT2D eigenvalue weighted by molar-refractivity contribution is 7.98. The van der Waals surface area contributed by atoms with Crippen LogP contribution in [0, 0.1) is 12.8 Å². The van der Waals surface area contributed by atoms with Gasteiger partial charge >= 0.3 is 0 Å². The molecule has 1 aromatic rings. The number of amides is 1. The van der Waals surface area contributed by atoms with Crippen molar-refractivity contribution >= 4 is 23.6 Å². The summed E-state index contributed by atoms with van der Waals surface area (Å²) < 4.78 is 0. The van der Waals surface area contributed by atoms with Crippen LogP contribution in [0.15, 0.2) is 12.3 Å². The van der Waals surface area contributed by atoms with Crippen molar-refractivity contribution in [2.24, 2.45) is 5.92 Å². The molecule has 1 amide bonds. The van der Waals surface area contributed by atoms with Gasteiger partial charge < -0.3 is 0 Å². The molecule has 1 rings (SSSR count). The number of hydrogen-bond donors (Lipinski definition) is 1. The van der Waals surface area contributed by atoms with Gasteiger partial charge in [0.25, 0.3) is 0 Å². The van der Waals surface area contributed by atoms with Gasteiger partial charge in [-0.3, -0.25) is 10.1 Å². The monoisotopic (exact) mass is 225 g/mol. The molecule has 4 nitrogen and oxygen atoms in total. The van der Waals surface area contributed by atoms with Crippen molar-refractivity contribution in [2.45, 2.75) is 13.8 Å². The minimum Gasteiger partial charge on any atom is -0.294 e. The Hall–Kier alpha value is -1.10. The first kappa shape index (κ1) is 12.0. The van der Waals surface area contributed by atoms with Crippen LogP contribution >= 0.6 is 11.8 Å². The Bertz CT molecular complexity index is 343. The average Bonchev–Trinajstić information content (AvgIpc) is 2.18. The van der Waals surface area contributed by atoms with Crippen LogP contribution in [0.25, 0.3) is 0 Å². The number of nitrogens with zero attached hydrogens (tertiary/aromatic N) is 2. The third-order valence-electron chi connectivity index (χ3n) is 1.89. The molecular formula is C10H15N3OS. The molecule has 5 heteroatoms. The van der Waals surface area contributed by atoms with Gasteiger partial charge in [0.05, 0.1) is 0 Å². The summed E-state index contributed by atoms with van der Waals surface area (Å²) in [5.41, 5.74) is 0.845. The standard InChI is InChI=1S/C10H15N3OS/c1-7(6-15-3)9(14)13-10-11-5-4-8(2)12-10/h4-5,7H,6H2,1-3H3,(H,11,12,13,14)/t7-/m1/s1. The van der Waals surface area contributed by atoms with E-state index in [-0.39, 0.29) is 11.8 Å². The van der Waals surface area contributed by atoms with Crippen molar-refractivity contribution in [2.75, 3.05) is 17.3 Å². The quantitative estimate of drug-likeness (QED) is 0.847. The van der Waals surface area contributed by atoms with Crippen LogP contribution in [0.1, 0.15) is 12.6 Å². The molecule has 0 saturated heterocycles. The summed E-state index contributed by atoms with van der Waals surface area (Å²) in [6.07, 6.45) is 3.62. The summed E-state index contributed by atoms with van der Waals surface area (Å²) in [7, 11) is 0. The van der Waals surface area contributed by atoms with E-state index in [1.165, 1.54) is 0 Å². The lowest BCUT2D eigenvalue weighted by molar-refractivity contribution is -0.118. The zero-order valence-electron chi connectivity index (χ0n) is 9.15. The molecule has 0 radical (unpaired) electrons. The Morgan fingerprint density at radius 2 is 2.40 bits per heavy atom. The third kappa shape index (κ3) is 3.87. The average molecular weight is 225 g/mol. The highest BCUT2D eigenvalue weighted by Crippen LogP contribution is 2.07. The molecule has 0 aliphatic rings. The third-order valence-corrected chi connectivity index (χ3v) is 2.73. The van der Waals surface area contributed by atoms with Crippen LogP contribution in [0.2, 0.25) is 0 Å². The van der Waals surface area contributed by atoms with Crippen LogP contribution in [0.3, 0.4) is 0 Å². The van der Waals surface area contributed by atoms with Crippen molar-refractivity contribution in [1.82, 2.24) is 9.97 Å². The normalized spacial score (nSPS) is 12.2. The van der Waals surface area contributed by atoms with Gasteiger partial charge in [0.1, 0.15) is 0 Å². The van der Waals surface area contributed by atoms with E-state index < -0.39 is 0 Å². The van der Waals surface area contributed by atoms with E-state index in [1.807, 2.05) is 20.1 Å². The first-order valence-electron chi connectivity index (χ1n) is 4.73. The SMILES string of the molecule is CSC[C@@H](C)C(=O)Nc1nccc(C)n1. The van der Waals surface area contributed by atoms with E-state index in [1.54, 1.807) is 24.0 Å². The van der Waals surface area contributed by atoms with Gasteiger partial charge in [-0.15, -0.1) is 0 Å². The zero-order chi connectivity index (χ0) is 11.3. The number of aryl methyl sites for hydroxylation is 1. The first-order chi connectivity index (χ1) is 7.13. The minimum atomic E-state index is -0.0325. The maximum absolute atomic E-state index is 11.6. The molecule has 1 atom stereocenters. The van der Waals surface area contributed by atoms with Gasteiger partial charge in [0.2, 0.25) is 11.9 Å². The van der Waals surface area contributed by atoms with E-state index in [0.29, 0.717) is 5.95 Å². The molecule has 0 saturated carbocycles. The van der Waals surface area contributed by atoms with Crippen molar-refractivity contribution in [1.29, 1.82) is 0 Å². The van der Waals surface area contributed by atoms with Crippen LogP contribution < -0.4 is 5.32 Å². The van der Waals surface area contributed by atoms with Gasteiger partial charge in [-0.05, 0) is 19.2 Å². The predicted molar refractivity (Wildman–Crippen MR) is 62.9 cm³/mol. The molecule has 0 unspecified atom stereocenters. The van der Waals surface area contributed by atoms with E-state index in [9.17, 15) is 4.79 Å². The number of rotatable bonds is 4. The topological polar surface area (TPSA) is 54.9 Å². The molecule has 15 heavy (non-hydrogen) atoms. The molecule has 1 N–H and O–H groups in total. The predicted octanol–water partition coefficient (Wildman–Crippen LogP) is 1.72. The Labute approximate surface area is 93.9 Å². The van der Waals surface area contributed by atoms with Crippen molar-refractivity contribution < 1.29 is 4.79 Å². The highest BCUT2D eigenvalue weighted by atomic mass is 32.2. The maximum Gasteiger partial charge on any atom is 0.230 e. The van der Waals surface area contributed by atoms with Crippen LogP contribution in [-0.2, 0) is 4.79 Å². The van der Waals surface area contributed by atoms with Crippen molar-refractivity contribution in [3.63, 3.8) is 0 Å². The fourth-order valence-electron chi connectivity index (χ4n) is 1.07. The second-order valence-corrected chi connectivity index (χ2v) is 4.28. The van der Waals surface area contributed by atoms with Gasteiger partial charge in [0, 0.05) is 23.6 Å². The lowest BCUT2D eigenvalue weighted by Crippen LogP contribution is -2.23. The summed E-state index contributed by atoms with van der Waals surface area (Å²) >= 11 is 1.65. The molecule has 1 heterocycles. The fourth-order valence-corrected chi connectivity index (χ4v) is 1.72. The van der Waals surface area contributed by atoms with Crippen molar-refractivity contribution in [3.8, 4) is 0 Å². The Kier molecular flexibility index (Phi) is 4.55. The number of thioether (sulfide) groups is 1. The number of carbonyl (C=O) groups excluding carboxylic acids is 1. The Morgan fingerprint density at radius 3 is 3.00 bits per heavy atom. The molecule has 0 aromatic carbocycles. The lowest BCUT2D eigenvalue weighted by Gasteiger charge is -2.09. The highest BCUT2D eigenvalue weighted by Gasteiger charge is 2.13. The van der Waals surface area contributed by atoms with Crippen LogP contribution in [0.5, 0.6) is 0 Å². The number of aromatic nitrogens is 2. The molecule has 0 bridgehead atoms. The zero-order valence-corrected chi connectivity index (χ0v) is 9.97. The Morgan fingerprint density at radius 1 is 1.67 bits per heavy atom. The maximum atomic E-state index is 11.6. The summed E-state index contributed by atoms with van der Waals surface area (Å²) in [5.74, 6) is 1.13. The van der Waals surface area contributed by atoms with E-state index in [4.69, 9.17) is 0 Å². The first-order valence-corrected chi connectivity index (χ1v) is 6.12. The molecular weight excluding hydrogens is 210 g/mol. The molecule has 0 aliphatic heterocycles.